The van der Waals surface area contributed by atoms with Crippen molar-refractivity contribution in [2.75, 3.05) is 13.2 Å². The third-order valence-corrected chi connectivity index (χ3v) is 5.98. The second-order valence-corrected chi connectivity index (χ2v) is 8.40. The van der Waals surface area contributed by atoms with E-state index in [0.29, 0.717) is 11.8 Å². The van der Waals surface area contributed by atoms with Gasteiger partial charge in [0.15, 0.2) is 5.78 Å². The van der Waals surface area contributed by atoms with E-state index in [9.17, 15) is 29.0 Å². The van der Waals surface area contributed by atoms with Crippen molar-refractivity contribution in [3.8, 4) is 0 Å². The summed E-state index contributed by atoms with van der Waals surface area (Å²) in [4.78, 5) is 38.9. The third-order valence-electron chi connectivity index (χ3n) is 5.98. The predicted octanol–water partition coefficient (Wildman–Crippen LogP) is 2.69. The molecular weight excluding hydrogens is 441 g/mol. The smallest absolute Gasteiger partial charge is 0.271 e. The highest BCUT2D eigenvalue weighted by Gasteiger charge is 2.28. The lowest BCUT2D eigenvalue weighted by Gasteiger charge is -2.32. The number of Topliss-reactive ketones (excluding diaryl/α,β-unsaturated/α-hetero) is 1. The lowest BCUT2D eigenvalue weighted by atomic mass is 9.85. The summed E-state index contributed by atoms with van der Waals surface area (Å²) in [5.41, 5.74) is 0.816. The molecule has 34 heavy (non-hydrogen) atoms. The number of carbonyl (C=O) groups excluding carboxylic acids is 3. The third kappa shape index (κ3) is 7.98. The number of aliphatic hydroxyl groups excluding tert-OH is 2. The molecule has 2 atom stereocenters. The van der Waals surface area contributed by atoms with Crippen LogP contribution in [0.2, 0.25) is 0 Å². The van der Waals surface area contributed by atoms with Crippen LogP contribution in [-0.2, 0) is 20.9 Å². The van der Waals surface area contributed by atoms with Crippen LogP contribution in [0, 0.1) is 11.7 Å². The minimum atomic E-state index is -0.519. The summed E-state index contributed by atoms with van der Waals surface area (Å²) in [5.74, 6) is -1.69. The van der Waals surface area contributed by atoms with Gasteiger partial charge in [0, 0.05) is 43.4 Å². The van der Waals surface area contributed by atoms with Crippen molar-refractivity contribution in [2.24, 2.45) is 5.92 Å². The van der Waals surface area contributed by atoms with Crippen LogP contribution in [0.5, 0.6) is 0 Å². The van der Waals surface area contributed by atoms with E-state index in [4.69, 9.17) is 0 Å². The number of likely N-dealkylation sites (N-methyl/N-ethyl adjacent to an activating group) is 1. The standard InChI is InChI=1S/C25H34FN3O5/c1-3-29(23(16-31)25(34)28-22-7-5-4-6-19(22)15-30)14-20(17(2)32)12-24(33)27-13-18-8-10-21(26)11-9-18/h8-11,14,16,19,22,30-31H,3-7,12-13,15H2,1-2H3,(H,27,33)(H,28,34)/b20-14-,23-16+/t19?,22-/m0/s1. The number of nitrogens with zero attached hydrogens (tertiary/aromatic N) is 1. The number of rotatable bonds is 11. The first-order chi connectivity index (χ1) is 16.3. The Labute approximate surface area is 199 Å². The quantitative estimate of drug-likeness (QED) is 0.289. The molecule has 0 heterocycles. The van der Waals surface area contributed by atoms with Crippen LogP contribution >= 0.6 is 0 Å². The summed E-state index contributed by atoms with van der Waals surface area (Å²) < 4.78 is 13.0. The van der Waals surface area contributed by atoms with Crippen molar-refractivity contribution in [1.29, 1.82) is 0 Å². The average Bonchev–Trinajstić information content (AvgIpc) is 2.83. The first kappa shape index (κ1) is 27.0. The van der Waals surface area contributed by atoms with Crippen molar-refractivity contribution in [3.63, 3.8) is 0 Å². The molecule has 4 N–H and O–H groups in total. The van der Waals surface area contributed by atoms with E-state index in [2.05, 4.69) is 10.6 Å². The molecular formula is C25H34FN3O5. The number of hydrogen-bond acceptors (Lipinski definition) is 6. The molecule has 1 fully saturated rings. The molecule has 0 saturated heterocycles. The Hall–Kier alpha value is -3.20. The molecule has 2 rings (SSSR count). The Morgan fingerprint density at radius 2 is 1.85 bits per heavy atom. The molecule has 1 aliphatic rings. The van der Waals surface area contributed by atoms with Crippen LogP contribution in [0.15, 0.2) is 48.0 Å². The topological polar surface area (TPSA) is 119 Å². The Kier molecular flexibility index (Phi) is 10.7. The van der Waals surface area contributed by atoms with Gasteiger partial charge in [-0.1, -0.05) is 25.0 Å². The van der Waals surface area contributed by atoms with Crippen molar-refractivity contribution in [3.05, 3.63) is 59.4 Å². The molecule has 1 unspecified atom stereocenters. The highest BCUT2D eigenvalue weighted by Crippen LogP contribution is 2.24. The Bertz CT molecular complexity index is 914. The minimum Gasteiger partial charge on any atom is -0.513 e. The highest BCUT2D eigenvalue weighted by atomic mass is 19.1. The highest BCUT2D eigenvalue weighted by molar-refractivity contribution is 5.99. The predicted molar refractivity (Wildman–Crippen MR) is 126 cm³/mol. The van der Waals surface area contributed by atoms with E-state index in [1.165, 1.54) is 30.2 Å². The van der Waals surface area contributed by atoms with Gasteiger partial charge < -0.3 is 25.7 Å². The maximum atomic E-state index is 13.0. The lowest BCUT2D eigenvalue weighted by Crippen LogP contribution is -2.45. The summed E-state index contributed by atoms with van der Waals surface area (Å²) in [6.07, 6.45) is 5.35. The molecule has 2 amide bonds. The summed E-state index contributed by atoms with van der Waals surface area (Å²) in [6, 6.07) is 5.51. The van der Waals surface area contributed by atoms with E-state index in [1.54, 1.807) is 19.1 Å². The van der Waals surface area contributed by atoms with Gasteiger partial charge in [0.25, 0.3) is 5.91 Å². The van der Waals surface area contributed by atoms with Crippen LogP contribution in [0.3, 0.4) is 0 Å². The number of carbonyl (C=O) groups is 3. The van der Waals surface area contributed by atoms with Gasteiger partial charge in [-0.3, -0.25) is 14.4 Å². The molecule has 1 saturated carbocycles. The molecule has 1 aromatic carbocycles. The monoisotopic (exact) mass is 475 g/mol. The first-order valence-corrected chi connectivity index (χ1v) is 11.5. The second-order valence-electron chi connectivity index (χ2n) is 8.40. The number of aliphatic hydroxyl groups is 2. The van der Waals surface area contributed by atoms with E-state index in [0.717, 1.165) is 25.7 Å². The number of hydrogen-bond donors (Lipinski definition) is 4. The molecule has 0 aliphatic heterocycles. The van der Waals surface area contributed by atoms with Crippen LogP contribution in [0.1, 0.15) is 51.5 Å². The van der Waals surface area contributed by atoms with Crippen LogP contribution in [-0.4, -0.2) is 51.9 Å². The zero-order valence-corrected chi connectivity index (χ0v) is 19.7. The van der Waals surface area contributed by atoms with Gasteiger partial charge in [0.2, 0.25) is 5.91 Å². The maximum absolute atomic E-state index is 13.0. The van der Waals surface area contributed by atoms with Crippen molar-refractivity contribution in [2.45, 2.75) is 58.5 Å². The van der Waals surface area contributed by atoms with E-state index >= 15 is 0 Å². The molecule has 1 aromatic rings. The fourth-order valence-electron chi connectivity index (χ4n) is 3.94. The Balaban J connectivity index is 2.07. The van der Waals surface area contributed by atoms with Gasteiger partial charge in [0.05, 0.1) is 6.42 Å². The van der Waals surface area contributed by atoms with Crippen LogP contribution < -0.4 is 10.6 Å². The zero-order valence-electron chi connectivity index (χ0n) is 19.7. The zero-order chi connectivity index (χ0) is 25.1. The molecule has 0 radical (unpaired) electrons. The van der Waals surface area contributed by atoms with Crippen LogP contribution in [0.4, 0.5) is 4.39 Å². The summed E-state index contributed by atoms with van der Waals surface area (Å²) >= 11 is 0. The minimum absolute atomic E-state index is 0.0258. The fourth-order valence-corrected chi connectivity index (χ4v) is 3.94. The van der Waals surface area contributed by atoms with Crippen molar-refractivity contribution >= 4 is 17.6 Å². The summed E-state index contributed by atoms with van der Waals surface area (Å²) in [7, 11) is 0. The average molecular weight is 476 g/mol. The summed E-state index contributed by atoms with van der Waals surface area (Å²) in [6.45, 7) is 3.49. The van der Waals surface area contributed by atoms with Gasteiger partial charge in [-0.15, -0.1) is 0 Å². The molecule has 186 valence electrons. The molecule has 0 aromatic heterocycles. The van der Waals surface area contributed by atoms with Gasteiger partial charge >= 0.3 is 0 Å². The fraction of sp³-hybridized carbons (Fsp3) is 0.480. The van der Waals surface area contributed by atoms with Gasteiger partial charge in [-0.25, -0.2) is 4.39 Å². The normalized spacial score (nSPS) is 18.8. The van der Waals surface area contributed by atoms with Crippen molar-refractivity contribution < 1.29 is 29.0 Å². The molecule has 8 nitrogen and oxygen atoms in total. The van der Waals surface area contributed by atoms with Crippen LogP contribution in [0.25, 0.3) is 0 Å². The molecule has 0 bridgehead atoms. The largest absolute Gasteiger partial charge is 0.513 e. The number of halogens is 1. The van der Waals surface area contributed by atoms with E-state index in [1.807, 2.05) is 0 Å². The van der Waals surface area contributed by atoms with Crippen molar-refractivity contribution in [1.82, 2.24) is 15.5 Å². The van der Waals surface area contributed by atoms with Gasteiger partial charge in [-0.05, 0) is 44.4 Å². The Morgan fingerprint density at radius 1 is 1.18 bits per heavy atom. The Morgan fingerprint density at radius 3 is 2.44 bits per heavy atom. The summed E-state index contributed by atoms with van der Waals surface area (Å²) in [5, 5.41) is 24.9. The molecule has 1 aliphatic carbocycles. The maximum Gasteiger partial charge on any atom is 0.271 e. The number of benzene rings is 1. The van der Waals surface area contributed by atoms with Gasteiger partial charge in [0.1, 0.15) is 17.8 Å². The number of ketones is 1. The molecule has 0 spiro atoms. The number of nitrogens with one attached hydrogen (secondary N) is 2. The molecule has 9 heteroatoms. The van der Waals surface area contributed by atoms with E-state index < -0.39 is 11.8 Å². The van der Waals surface area contributed by atoms with Gasteiger partial charge in [-0.2, -0.15) is 0 Å². The number of amides is 2. The SMILES string of the molecule is CCN(/C=C(/CC(=O)NCc1ccc(F)cc1)C(C)=O)/C(=C/O)C(=O)N[C@H]1CCCCC1CO. The lowest BCUT2D eigenvalue weighted by molar-refractivity contribution is -0.122. The second kappa shape index (κ2) is 13.5. The van der Waals surface area contributed by atoms with E-state index in [-0.39, 0.29) is 60.9 Å². The first-order valence-electron chi connectivity index (χ1n) is 11.5.